The second-order valence-corrected chi connectivity index (χ2v) is 7.18. The molecule has 144 valence electrons. The number of hydrogen-bond donors (Lipinski definition) is 1. The van der Waals surface area contributed by atoms with Crippen LogP contribution in [0.5, 0.6) is 5.75 Å². The fraction of sp³-hybridized carbons (Fsp3) is 0.400. The van der Waals surface area contributed by atoms with Gasteiger partial charge in [0.15, 0.2) is 6.61 Å². The molecule has 1 aliphatic heterocycles. The highest BCUT2D eigenvalue weighted by Crippen LogP contribution is 2.24. The Morgan fingerprint density at radius 1 is 1.30 bits per heavy atom. The molecule has 1 aromatic carbocycles. The van der Waals surface area contributed by atoms with Crippen LogP contribution in [0.15, 0.2) is 24.3 Å². The fourth-order valence-corrected chi connectivity index (χ4v) is 3.57. The first-order valence-corrected chi connectivity index (χ1v) is 9.28. The molecule has 2 heterocycles. The van der Waals surface area contributed by atoms with Crippen molar-refractivity contribution in [3.05, 3.63) is 51.8 Å². The van der Waals surface area contributed by atoms with Crippen LogP contribution in [0.1, 0.15) is 44.9 Å². The van der Waals surface area contributed by atoms with Crippen molar-refractivity contribution < 1.29 is 19.1 Å². The van der Waals surface area contributed by atoms with Crippen LogP contribution in [-0.2, 0) is 11.3 Å². The third-order valence-corrected chi connectivity index (χ3v) is 5.09. The predicted molar refractivity (Wildman–Crippen MR) is 103 cm³/mol. The Morgan fingerprint density at radius 2 is 2.07 bits per heavy atom. The van der Waals surface area contributed by atoms with Crippen molar-refractivity contribution in [2.24, 2.45) is 5.73 Å². The Labute approximate surface area is 163 Å². The molecule has 0 bridgehead atoms. The summed E-state index contributed by atoms with van der Waals surface area (Å²) >= 11 is 5.89. The first-order valence-electron chi connectivity index (χ1n) is 8.90. The fourth-order valence-electron chi connectivity index (χ4n) is 3.40. The molecule has 1 saturated heterocycles. The summed E-state index contributed by atoms with van der Waals surface area (Å²) in [5.41, 5.74) is 8.01. The molecule has 2 aromatic rings. The highest BCUT2D eigenvalue weighted by atomic mass is 35.5. The lowest BCUT2D eigenvalue weighted by Crippen LogP contribution is -2.19. The highest BCUT2D eigenvalue weighted by Gasteiger charge is 2.21. The van der Waals surface area contributed by atoms with E-state index in [0.29, 0.717) is 10.6 Å². The molecule has 0 saturated carbocycles. The van der Waals surface area contributed by atoms with Gasteiger partial charge in [-0.1, -0.05) is 11.6 Å². The van der Waals surface area contributed by atoms with Crippen LogP contribution in [0.3, 0.4) is 0 Å². The van der Waals surface area contributed by atoms with E-state index in [0.717, 1.165) is 37.4 Å². The molecule has 1 aliphatic rings. The lowest BCUT2D eigenvalue weighted by atomic mass is 10.1. The minimum atomic E-state index is -0.658. The molecule has 27 heavy (non-hydrogen) atoms. The Bertz CT molecular complexity index is 869. The number of ether oxygens (including phenoxy) is 2. The minimum absolute atomic E-state index is 0.152. The van der Waals surface area contributed by atoms with Gasteiger partial charge in [0.05, 0.1) is 11.7 Å². The average molecular weight is 391 g/mol. The van der Waals surface area contributed by atoms with E-state index in [4.69, 9.17) is 26.8 Å². The van der Waals surface area contributed by atoms with Gasteiger partial charge in [-0.05, 0) is 51.0 Å². The third-order valence-electron chi connectivity index (χ3n) is 4.85. The van der Waals surface area contributed by atoms with Crippen molar-refractivity contribution >= 4 is 23.3 Å². The SMILES string of the molecule is Cc1cc(C(=O)COc2ccc(Cl)cc2C(N)=O)c(C)n1CC1CCCO1. The Kier molecular flexibility index (Phi) is 5.87. The number of nitrogens with two attached hydrogens (primary N) is 1. The van der Waals surface area contributed by atoms with Crippen LogP contribution in [0.4, 0.5) is 0 Å². The largest absolute Gasteiger partial charge is 0.485 e. The van der Waals surface area contributed by atoms with Gasteiger partial charge in [0.25, 0.3) is 5.91 Å². The molecule has 1 unspecified atom stereocenters. The number of hydrogen-bond acceptors (Lipinski definition) is 4. The van der Waals surface area contributed by atoms with Crippen LogP contribution in [0.25, 0.3) is 0 Å². The van der Waals surface area contributed by atoms with Crippen molar-refractivity contribution in [2.45, 2.75) is 39.3 Å². The average Bonchev–Trinajstić information content (AvgIpc) is 3.24. The van der Waals surface area contributed by atoms with Crippen LogP contribution >= 0.6 is 11.6 Å². The number of ketones is 1. The van der Waals surface area contributed by atoms with Gasteiger partial charge in [-0.2, -0.15) is 0 Å². The molecule has 0 aliphatic carbocycles. The molecule has 3 rings (SSSR count). The van der Waals surface area contributed by atoms with E-state index in [1.807, 2.05) is 19.9 Å². The van der Waals surface area contributed by atoms with Crippen LogP contribution in [-0.4, -0.2) is 35.6 Å². The zero-order chi connectivity index (χ0) is 19.6. The number of rotatable bonds is 7. The standard InChI is InChI=1S/C20H23ClN2O4/c1-12-8-16(13(2)23(12)10-15-4-3-7-26-15)18(24)11-27-19-6-5-14(21)9-17(19)20(22)25/h5-6,8-9,15H,3-4,7,10-11H2,1-2H3,(H2,22,25). The lowest BCUT2D eigenvalue weighted by molar-refractivity contribution is 0.0907. The summed E-state index contributed by atoms with van der Waals surface area (Å²) in [5, 5.41) is 0.375. The summed E-state index contributed by atoms with van der Waals surface area (Å²) in [4.78, 5) is 24.2. The lowest BCUT2D eigenvalue weighted by Gasteiger charge is -2.15. The third kappa shape index (κ3) is 4.34. The molecule has 2 N–H and O–H groups in total. The van der Waals surface area contributed by atoms with Gasteiger partial charge in [-0.15, -0.1) is 0 Å². The molecular weight excluding hydrogens is 368 g/mol. The molecule has 0 radical (unpaired) electrons. The Balaban J connectivity index is 1.73. The van der Waals surface area contributed by atoms with Gasteiger partial charge in [0.2, 0.25) is 5.78 Å². The second-order valence-electron chi connectivity index (χ2n) is 6.75. The summed E-state index contributed by atoms with van der Waals surface area (Å²) in [7, 11) is 0. The Hall–Kier alpha value is -2.31. The van der Waals surface area contributed by atoms with Crippen LogP contribution < -0.4 is 10.5 Å². The number of primary amides is 1. The van der Waals surface area contributed by atoms with E-state index in [9.17, 15) is 9.59 Å². The number of benzene rings is 1. The second kappa shape index (κ2) is 8.15. The van der Waals surface area contributed by atoms with Gasteiger partial charge in [0.1, 0.15) is 5.75 Å². The van der Waals surface area contributed by atoms with Crippen LogP contribution in [0, 0.1) is 13.8 Å². The molecule has 1 amide bonds. The minimum Gasteiger partial charge on any atom is -0.485 e. The zero-order valence-electron chi connectivity index (χ0n) is 15.5. The van der Waals surface area contributed by atoms with Crippen molar-refractivity contribution in [3.63, 3.8) is 0 Å². The van der Waals surface area contributed by atoms with E-state index in [1.165, 1.54) is 12.1 Å². The maximum Gasteiger partial charge on any atom is 0.252 e. The number of aryl methyl sites for hydroxylation is 1. The van der Waals surface area contributed by atoms with E-state index in [2.05, 4.69) is 4.57 Å². The smallest absolute Gasteiger partial charge is 0.252 e. The van der Waals surface area contributed by atoms with Gasteiger partial charge >= 0.3 is 0 Å². The monoisotopic (exact) mass is 390 g/mol. The maximum absolute atomic E-state index is 12.7. The summed E-state index contributed by atoms with van der Waals surface area (Å²) in [6.07, 6.45) is 2.31. The molecular formula is C20H23ClN2O4. The van der Waals surface area contributed by atoms with E-state index in [-0.39, 0.29) is 29.8 Å². The van der Waals surface area contributed by atoms with Gasteiger partial charge in [0, 0.05) is 35.1 Å². The summed E-state index contributed by atoms with van der Waals surface area (Å²) in [5.74, 6) is -0.574. The normalized spacial score (nSPS) is 16.5. The summed E-state index contributed by atoms with van der Waals surface area (Å²) in [6.45, 7) is 5.25. The van der Waals surface area contributed by atoms with Crippen molar-refractivity contribution in [3.8, 4) is 5.75 Å². The molecule has 1 aromatic heterocycles. The number of amides is 1. The number of carbonyl (C=O) groups excluding carboxylic acids is 2. The first kappa shape index (κ1) is 19.5. The van der Waals surface area contributed by atoms with Crippen molar-refractivity contribution in [1.29, 1.82) is 0 Å². The summed E-state index contributed by atoms with van der Waals surface area (Å²) < 4.78 is 13.4. The van der Waals surface area contributed by atoms with E-state index in [1.54, 1.807) is 6.07 Å². The maximum atomic E-state index is 12.7. The van der Waals surface area contributed by atoms with Crippen molar-refractivity contribution in [1.82, 2.24) is 4.57 Å². The van der Waals surface area contributed by atoms with Gasteiger partial charge in [-0.3, -0.25) is 9.59 Å². The quantitative estimate of drug-likeness (QED) is 0.735. The number of Topliss-reactive ketones (excluding diaryl/α,β-unsaturated/α-hetero) is 1. The van der Waals surface area contributed by atoms with Gasteiger partial charge < -0.3 is 19.8 Å². The molecule has 1 fully saturated rings. The molecule has 6 nitrogen and oxygen atoms in total. The number of carbonyl (C=O) groups is 2. The highest BCUT2D eigenvalue weighted by molar-refractivity contribution is 6.31. The molecule has 7 heteroatoms. The zero-order valence-corrected chi connectivity index (χ0v) is 16.2. The molecule has 1 atom stereocenters. The topological polar surface area (TPSA) is 83.5 Å². The van der Waals surface area contributed by atoms with Crippen molar-refractivity contribution in [2.75, 3.05) is 13.2 Å². The van der Waals surface area contributed by atoms with Gasteiger partial charge in [-0.25, -0.2) is 0 Å². The first-order chi connectivity index (χ1) is 12.9. The van der Waals surface area contributed by atoms with E-state index >= 15 is 0 Å². The number of nitrogens with zero attached hydrogens (tertiary/aromatic N) is 1. The predicted octanol–water partition coefficient (Wildman–Crippen LogP) is 3.30. The van der Waals surface area contributed by atoms with Crippen LogP contribution in [0.2, 0.25) is 5.02 Å². The molecule has 0 spiro atoms. The number of aromatic nitrogens is 1. The number of halogens is 1. The Morgan fingerprint density at radius 3 is 2.74 bits per heavy atom. The van der Waals surface area contributed by atoms with E-state index < -0.39 is 5.91 Å². The summed E-state index contributed by atoms with van der Waals surface area (Å²) in [6, 6.07) is 6.42.